The van der Waals surface area contributed by atoms with Crippen LogP contribution >= 0.6 is 0 Å². The maximum absolute atomic E-state index is 9.64. The summed E-state index contributed by atoms with van der Waals surface area (Å²) in [5.41, 5.74) is 4.11. The molecule has 0 amide bonds. The summed E-state index contributed by atoms with van der Waals surface area (Å²) in [4.78, 5) is 8.87. The number of nitrogens with zero attached hydrogens (tertiary/aromatic N) is 3. The third-order valence-electron chi connectivity index (χ3n) is 4.08. The molecule has 0 saturated heterocycles. The van der Waals surface area contributed by atoms with Crippen LogP contribution in [-0.2, 0) is 6.54 Å². The predicted molar refractivity (Wildman–Crippen MR) is 98.1 cm³/mol. The number of phenols is 1. The van der Waals surface area contributed by atoms with Crippen molar-refractivity contribution in [3.63, 3.8) is 0 Å². The molecule has 0 radical (unpaired) electrons. The van der Waals surface area contributed by atoms with Crippen LogP contribution in [0, 0.1) is 0 Å². The fourth-order valence-electron chi connectivity index (χ4n) is 2.87. The average Bonchev–Trinajstić information content (AvgIpc) is 3.11. The number of phenolic OH excluding ortho intramolecular Hbond substituents is 1. The number of hydrogen-bond donors (Lipinski definition) is 1. The minimum atomic E-state index is 0.277. The zero-order valence-corrected chi connectivity index (χ0v) is 13.6. The molecule has 4 rings (SSSR count). The van der Waals surface area contributed by atoms with E-state index in [4.69, 9.17) is 0 Å². The van der Waals surface area contributed by atoms with Gasteiger partial charge in [0.2, 0.25) is 0 Å². The lowest BCUT2D eigenvalue weighted by molar-refractivity contribution is 0.474. The molecule has 2 heterocycles. The zero-order valence-electron chi connectivity index (χ0n) is 13.6. The van der Waals surface area contributed by atoms with Crippen molar-refractivity contribution in [2.24, 2.45) is 0 Å². The molecule has 2 aromatic heterocycles. The van der Waals surface area contributed by atoms with Gasteiger partial charge in [-0.2, -0.15) is 0 Å². The molecule has 4 aromatic rings. The second-order valence-electron chi connectivity index (χ2n) is 5.84. The van der Waals surface area contributed by atoms with Gasteiger partial charge in [-0.05, 0) is 29.8 Å². The van der Waals surface area contributed by atoms with Crippen LogP contribution < -0.4 is 0 Å². The zero-order chi connectivity index (χ0) is 17.1. The molecule has 0 aliphatic rings. The smallest absolute Gasteiger partial charge is 0.140 e. The Balaban J connectivity index is 1.62. The molecule has 2 aromatic carbocycles. The Kier molecular flexibility index (Phi) is 4.01. The highest BCUT2D eigenvalue weighted by atomic mass is 16.3. The summed E-state index contributed by atoms with van der Waals surface area (Å²) in [6.45, 7) is 0.658. The first-order valence-electron chi connectivity index (χ1n) is 8.10. The number of aromatic nitrogens is 3. The number of benzene rings is 2. The normalized spacial score (nSPS) is 10.7. The van der Waals surface area contributed by atoms with Crippen LogP contribution in [0.5, 0.6) is 5.75 Å². The van der Waals surface area contributed by atoms with E-state index in [1.54, 1.807) is 24.5 Å². The van der Waals surface area contributed by atoms with Crippen LogP contribution in [0.3, 0.4) is 0 Å². The average molecular weight is 327 g/mol. The van der Waals surface area contributed by atoms with Crippen LogP contribution in [0.1, 0.15) is 5.56 Å². The molecule has 1 N–H and O–H groups in total. The van der Waals surface area contributed by atoms with Gasteiger partial charge in [-0.3, -0.25) is 4.98 Å². The van der Waals surface area contributed by atoms with Crippen LogP contribution in [0.2, 0.25) is 0 Å². The second-order valence-corrected chi connectivity index (χ2v) is 5.84. The Morgan fingerprint density at radius 2 is 1.64 bits per heavy atom. The van der Waals surface area contributed by atoms with E-state index in [1.165, 1.54) is 0 Å². The maximum Gasteiger partial charge on any atom is 0.140 e. The molecule has 4 nitrogen and oxygen atoms in total. The van der Waals surface area contributed by atoms with Gasteiger partial charge in [0.05, 0.1) is 5.69 Å². The molecule has 0 fully saturated rings. The Bertz CT molecular complexity index is 975. The first-order valence-corrected chi connectivity index (χ1v) is 8.10. The fourth-order valence-corrected chi connectivity index (χ4v) is 2.87. The van der Waals surface area contributed by atoms with Crippen molar-refractivity contribution in [2.45, 2.75) is 6.54 Å². The standard InChI is InChI=1S/C21H17N3O/c25-19-5-3-4-16(14-19)15-24-13-12-23-21(24)18-9-7-17(8-10-18)20-6-1-2-11-22-20/h1-14,25H,15H2. The minimum absolute atomic E-state index is 0.277. The second kappa shape index (κ2) is 6.61. The van der Waals surface area contributed by atoms with Crippen molar-refractivity contribution in [1.82, 2.24) is 14.5 Å². The highest BCUT2D eigenvalue weighted by molar-refractivity contribution is 5.65. The van der Waals surface area contributed by atoms with Crippen molar-refractivity contribution in [3.05, 3.63) is 90.9 Å². The lowest BCUT2D eigenvalue weighted by Crippen LogP contribution is -2.01. The lowest BCUT2D eigenvalue weighted by Gasteiger charge is -2.09. The Hall–Kier alpha value is -3.40. The number of pyridine rings is 1. The molecule has 4 heteroatoms. The molecule has 0 saturated carbocycles. The quantitative estimate of drug-likeness (QED) is 0.606. The largest absolute Gasteiger partial charge is 0.508 e. The summed E-state index contributed by atoms with van der Waals surface area (Å²) in [5, 5.41) is 9.64. The van der Waals surface area contributed by atoms with Crippen molar-refractivity contribution < 1.29 is 5.11 Å². The summed E-state index contributed by atoms with van der Waals surface area (Å²) >= 11 is 0. The van der Waals surface area contributed by atoms with E-state index in [-0.39, 0.29) is 5.75 Å². The van der Waals surface area contributed by atoms with E-state index in [2.05, 4.69) is 38.8 Å². The maximum atomic E-state index is 9.64. The van der Waals surface area contributed by atoms with Crippen LogP contribution in [0.4, 0.5) is 0 Å². The van der Waals surface area contributed by atoms with Gasteiger partial charge in [-0.15, -0.1) is 0 Å². The number of hydrogen-bond acceptors (Lipinski definition) is 3. The lowest BCUT2D eigenvalue weighted by atomic mass is 10.1. The third kappa shape index (κ3) is 3.28. The van der Waals surface area contributed by atoms with Crippen molar-refractivity contribution in [3.8, 4) is 28.4 Å². The first kappa shape index (κ1) is 15.1. The first-order chi connectivity index (χ1) is 12.3. The van der Waals surface area contributed by atoms with Crippen LogP contribution in [-0.4, -0.2) is 19.6 Å². The van der Waals surface area contributed by atoms with E-state index >= 15 is 0 Å². The van der Waals surface area contributed by atoms with E-state index < -0.39 is 0 Å². The molecular weight excluding hydrogens is 310 g/mol. The molecule has 122 valence electrons. The SMILES string of the molecule is Oc1cccc(Cn2ccnc2-c2ccc(-c3ccccn3)cc2)c1. The van der Waals surface area contributed by atoms with Gasteiger partial charge in [-0.1, -0.05) is 42.5 Å². The molecule has 0 bridgehead atoms. The Labute approximate surface area is 146 Å². The number of rotatable bonds is 4. The molecule has 0 aliphatic carbocycles. The van der Waals surface area contributed by atoms with Gasteiger partial charge in [0.15, 0.2) is 0 Å². The van der Waals surface area contributed by atoms with Gasteiger partial charge in [0.1, 0.15) is 11.6 Å². The topological polar surface area (TPSA) is 50.9 Å². The Morgan fingerprint density at radius 3 is 2.40 bits per heavy atom. The molecule has 0 unspecified atom stereocenters. The van der Waals surface area contributed by atoms with Gasteiger partial charge in [0.25, 0.3) is 0 Å². The molecule has 25 heavy (non-hydrogen) atoms. The fraction of sp³-hybridized carbons (Fsp3) is 0.0476. The van der Waals surface area contributed by atoms with Crippen LogP contribution in [0.15, 0.2) is 85.3 Å². The molecular formula is C21H17N3O. The monoisotopic (exact) mass is 327 g/mol. The summed E-state index contributed by atoms with van der Waals surface area (Å²) in [7, 11) is 0. The molecule has 0 atom stereocenters. The van der Waals surface area contributed by atoms with Gasteiger partial charge >= 0.3 is 0 Å². The van der Waals surface area contributed by atoms with E-state index in [0.29, 0.717) is 6.54 Å². The number of aromatic hydroxyl groups is 1. The summed E-state index contributed by atoms with van der Waals surface area (Å²) in [6.07, 6.45) is 5.54. The highest BCUT2D eigenvalue weighted by Gasteiger charge is 2.08. The highest BCUT2D eigenvalue weighted by Crippen LogP contribution is 2.23. The van der Waals surface area contributed by atoms with Gasteiger partial charge in [0, 0.05) is 36.3 Å². The van der Waals surface area contributed by atoms with Crippen molar-refractivity contribution in [2.75, 3.05) is 0 Å². The molecule has 0 aliphatic heterocycles. The van der Waals surface area contributed by atoms with E-state index in [1.807, 2.05) is 36.5 Å². The molecule has 0 spiro atoms. The van der Waals surface area contributed by atoms with Crippen molar-refractivity contribution >= 4 is 0 Å². The predicted octanol–water partition coefficient (Wildman–Crippen LogP) is 4.37. The third-order valence-corrected chi connectivity index (χ3v) is 4.08. The summed E-state index contributed by atoms with van der Waals surface area (Å²) < 4.78 is 2.07. The van der Waals surface area contributed by atoms with Crippen molar-refractivity contribution in [1.29, 1.82) is 0 Å². The number of imidazole rings is 1. The van der Waals surface area contributed by atoms with Gasteiger partial charge in [-0.25, -0.2) is 4.98 Å². The Morgan fingerprint density at radius 1 is 0.800 bits per heavy atom. The summed E-state index contributed by atoms with van der Waals surface area (Å²) in [6, 6.07) is 21.4. The van der Waals surface area contributed by atoms with Gasteiger partial charge < -0.3 is 9.67 Å². The summed E-state index contributed by atoms with van der Waals surface area (Å²) in [5.74, 6) is 1.18. The minimum Gasteiger partial charge on any atom is -0.508 e. The van der Waals surface area contributed by atoms with E-state index in [9.17, 15) is 5.11 Å². The van der Waals surface area contributed by atoms with Crippen LogP contribution in [0.25, 0.3) is 22.6 Å². The van der Waals surface area contributed by atoms with E-state index in [0.717, 1.165) is 28.2 Å².